The molecule has 0 bridgehead atoms. The van der Waals surface area contributed by atoms with E-state index in [2.05, 4.69) is 20.2 Å². The molecule has 1 heterocycles. The molecule has 118 valence electrons. The zero-order valence-corrected chi connectivity index (χ0v) is 14.1. The highest BCUT2D eigenvalue weighted by molar-refractivity contribution is 7.99. The molecule has 0 aliphatic rings. The van der Waals surface area contributed by atoms with Crippen LogP contribution in [-0.2, 0) is 4.79 Å². The second kappa shape index (κ2) is 8.10. The molecule has 2 aromatic rings. The van der Waals surface area contributed by atoms with E-state index in [1.807, 2.05) is 45.3 Å². The molecule has 0 atom stereocenters. The molecule has 1 N–H and O–H groups in total. The summed E-state index contributed by atoms with van der Waals surface area (Å²) in [5.41, 5.74) is 2.61. The van der Waals surface area contributed by atoms with Crippen molar-refractivity contribution in [3.05, 3.63) is 30.0 Å². The summed E-state index contributed by atoms with van der Waals surface area (Å²) in [7, 11) is 4.05. The molecule has 22 heavy (non-hydrogen) atoms. The van der Waals surface area contributed by atoms with Gasteiger partial charge in [-0.15, -0.1) is 0 Å². The molecule has 0 aliphatic carbocycles. The SMILES string of the molecule is Cc1nc2ccccc2nc1SCC(=O)NCCCN(C)C. The van der Waals surface area contributed by atoms with Gasteiger partial charge < -0.3 is 10.2 Å². The first-order valence-corrected chi connectivity index (χ1v) is 8.32. The molecule has 1 aromatic carbocycles. The summed E-state index contributed by atoms with van der Waals surface area (Å²) >= 11 is 1.44. The van der Waals surface area contributed by atoms with Gasteiger partial charge in [0.15, 0.2) is 0 Å². The number of para-hydroxylation sites is 2. The Kier molecular flexibility index (Phi) is 6.15. The van der Waals surface area contributed by atoms with Crippen LogP contribution in [0.15, 0.2) is 29.3 Å². The van der Waals surface area contributed by atoms with Gasteiger partial charge in [0, 0.05) is 6.54 Å². The van der Waals surface area contributed by atoms with Crippen molar-refractivity contribution in [3.8, 4) is 0 Å². The van der Waals surface area contributed by atoms with E-state index in [0.29, 0.717) is 12.3 Å². The second-order valence-corrected chi connectivity index (χ2v) is 6.36. The minimum atomic E-state index is 0.0399. The van der Waals surface area contributed by atoms with Gasteiger partial charge in [-0.05, 0) is 46.1 Å². The highest BCUT2D eigenvalue weighted by atomic mass is 32.2. The van der Waals surface area contributed by atoms with E-state index in [9.17, 15) is 4.79 Å². The van der Waals surface area contributed by atoms with Gasteiger partial charge in [0.25, 0.3) is 0 Å². The minimum Gasteiger partial charge on any atom is -0.355 e. The lowest BCUT2D eigenvalue weighted by molar-refractivity contribution is -0.118. The summed E-state index contributed by atoms with van der Waals surface area (Å²) in [4.78, 5) is 23.1. The van der Waals surface area contributed by atoms with Crippen LogP contribution >= 0.6 is 11.8 Å². The molecular weight excluding hydrogens is 296 g/mol. The molecule has 1 amide bonds. The number of rotatable bonds is 7. The predicted molar refractivity (Wildman–Crippen MR) is 91.2 cm³/mol. The maximum atomic E-state index is 11.8. The summed E-state index contributed by atoms with van der Waals surface area (Å²) in [6.45, 7) is 3.61. The Labute approximate surface area is 135 Å². The van der Waals surface area contributed by atoms with E-state index in [1.54, 1.807) is 0 Å². The fraction of sp³-hybridized carbons (Fsp3) is 0.438. The molecule has 0 saturated carbocycles. The molecule has 0 radical (unpaired) electrons. The first-order chi connectivity index (χ1) is 10.6. The molecule has 0 saturated heterocycles. The van der Waals surface area contributed by atoms with Crippen LogP contribution in [0.5, 0.6) is 0 Å². The smallest absolute Gasteiger partial charge is 0.230 e. The number of carbonyl (C=O) groups excluding carboxylic acids is 1. The zero-order valence-electron chi connectivity index (χ0n) is 13.3. The van der Waals surface area contributed by atoms with Crippen LogP contribution < -0.4 is 5.32 Å². The van der Waals surface area contributed by atoms with Crippen molar-refractivity contribution < 1.29 is 4.79 Å². The van der Waals surface area contributed by atoms with E-state index < -0.39 is 0 Å². The van der Waals surface area contributed by atoms with Crippen molar-refractivity contribution in [1.29, 1.82) is 0 Å². The Balaban J connectivity index is 1.86. The number of carbonyl (C=O) groups is 1. The second-order valence-electron chi connectivity index (χ2n) is 5.40. The molecule has 0 aliphatic heterocycles. The fourth-order valence-electron chi connectivity index (χ4n) is 2.02. The van der Waals surface area contributed by atoms with Crippen LogP contribution in [0.4, 0.5) is 0 Å². The summed E-state index contributed by atoms with van der Waals surface area (Å²) in [5, 5.41) is 3.75. The van der Waals surface area contributed by atoms with Crippen LogP contribution in [0.2, 0.25) is 0 Å². The van der Waals surface area contributed by atoms with Gasteiger partial charge >= 0.3 is 0 Å². The number of thioether (sulfide) groups is 1. The maximum absolute atomic E-state index is 11.8. The lowest BCUT2D eigenvalue weighted by atomic mass is 10.3. The third kappa shape index (κ3) is 4.96. The summed E-state index contributed by atoms with van der Waals surface area (Å²) < 4.78 is 0. The number of fused-ring (bicyclic) bond motifs is 1. The standard InChI is InChI=1S/C16H22N4OS/c1-12-16(19-14-8-5-4-7-13(14)18-12)22-11-15(21)17-9-6-10-20(2)3/h4-5,7-8H,6,9-11H2,1-3H3,(H,17,21). The minimum absolute atomic E-state index is 0.0399. The van der Waals surface area contributed by atoms with Gasteiger partial charge in [-0.1, -0.05) is 23.9 Å². The molecule has 0 fully saturated rings. The van der Waals surface area contributed by atoms with Gasteiger partial charge in [0.05, 0.1) is 22.5 Å². The van der Waals surface area contributed by atoms with Crippen molar-refractivity contribution in [2.45, 2.75) is 18.4 Å². The number of aromatic nitrogens is 2. The van der Waals surface area contributed by atoms with Crippen LogP contribution in [0.25, 0.3) is 11.0 Å². The monoisotopic (exact) mass is 318 g/mol. The topological polar surface area (TPSA) is 58.1 Å². The third-order valence-corrected chi connectivity index (χ3v) is 4.21. The Bertz CT molecular complexity index is 645. The molecule has 2 rings (SSSR count). The molecule has 1 aromatic heterocycles. The fourth-order valence-corrected chi connectivity index (χ4v) is 2.80. The number of amides is 1. The predicted octanol–water partition coefficient (Wildman–Crippen LogP) is 2.10. The molecule has 5 nitrogen and oxygen atoms in total. The molecule has 0 spiro atoms. The summed E-state index contributed by atoms with van der Waals surface area (Å²) in [6.07, 6.45) is 0.957. The average molecular weight is 318 g/mol. The largest absolute Gasteiger partial charge is 0.355 e. The van der Waals surface area contributed by atoms with Gasteiger partial charge in [-0.3, -0.25) is 4.79 Å². The normalized spacial score (nSPS) is 11.1. The van der Waals surface area contributed by atoms with Crippen molar-refractivity contribution in [2.75, 3.05) is 32.9 Å². The Morgan fingerprint density at radius 2 is 1.91 bits per heavy atom. The Hall–Kier alpha value is -1.66. The molecular formula is C16H22N4OS. The van der Waals surface area contributed by atoms with Crippen LogP contribution in [0.3, 0.4) is 0 Å². The van der Waals surface area contributed by atoms with Crippen molar-refractivity contribution in [1.82, 2.24) is 20.2 Å². The highest BCUT2D eigenvalue weighted by Crippen LogP contribution is 2.21. The maximum Gasteiger partial charge on any atom is 0.230 e. The quantitative estimate of drug-likeness (QED) is 0.626. The summed E-state index contributed by atoms with van der Waals surface area (Å²) in [5.74, 6) is 0.411. The number of hydrogen-bond acceptors (Lipinski definition) is 5. The van der Waals surface area contributed by atoms with Gasteiger partial charge in [0.2, 0.25) is 5.91 Å². The van der Waals surface area contributed by atoms with Gasteiger partial charge in [0.1, 0.15) is 5.03 Å². The van der Waals surface area contributed by atoms with E-state index >= 15 is 0 Å². The van der Waals surface area contributed by atoms with Crippen molar-refractivity contribution in [3.63, 3.8) is 0 Å². The van der Waals surface area contributed by atoms with Crippen LogP contribution in [0.1, 0.15) is 12.1 Å². The third-order valence-electron chi connectivity index (χ3n) is 3.15. The number of aryl methyl sites for hydroxylation is 1. The first-order valence-electron chi connectivity index (χ1n) is 7.34. The van der Waals surface area contributed by atoms with Crippen LogP contribution in [0, 0.1) is 6.92 Å². The number of hydrogen-bond donors (Lipinski definition) is 1. The van der Waals surface area contributed by atoms with E-state index in [4.69, 9.17) is 0 Å². The lowest BCUT2D eigenvalue weighted by Crippen LogP contribution is -2.28. The summed E-state index contributed by atoms with van der Waals surface area (Å²) in [6, 6.07) is 7.77. The average Bonchev–Trinajstić information content (AvgIpc) is 2.49. The van der Waals surface area contributed by atoms with Gasteiger partial charge in [-0.25, -0.2) is 9.97 Å². The van der Waals surface area contributed by atoms with Crippen LogP contribution in [-0.4, -0.2) is 53.7 Å². The zero-order chi connectivity index (χ0) is 15.9. The molecule has 0 unspecified atom stereocenters. The van der Waals surface area contributed by atoms with Crippen molar-refractivity contribution in [2.24, 2.45) is 0 Å². The number of nitrogens with zero attached hydrogens (tertiary/aromatic N) is 3. The van der Waals surface area contributed by atoms with Gasteiger partial charge in [-0.2, -0.15) is 0 Å². The Morgan fingerprint density at radius 1 is 1.23 bits per heavy atom. The van der Waals surface area contributed by atoms with E-state index in [0.717, 1.165) is 34.7 Å². The van der Waals surface area contributed by atoms with E-state index in [1.165, 1.54) is 11.8 Å². The number of benzene rings is 1. The molecule has 6 heteroatoms. The first kappa shape index (κ1) is 16.7. The number of nitrogens with one attached hydrogen (secondary N) is 1. The highest BCUT2D eigenvalue weighted by Gasteiger charge is 2.08. The van der Waals surface area contributed by atoms with E-state index in [-0.39, 0.29) is 5.91 Å². The van der Waals surface area contributed by atoms with Crippen molar-refractivity contribution >= 4 is 28.7 Å². The lowest BCUT2D eigenvalue weighted by Gasteiger charge is -2.10. The Morgan fingerprint density at radius 3 is 2.59 bits per heavy atom.